The summed E-state index contributed by atoms with van der Waals surface area (Å²) in [5.74, 6) is 2.23. The van der Waals surface area contributed by atoms with Crippen molar-refractivity contribution in [3.05, 3.63) is 157 Å². The minimum atomic E-state index is 0.254. The zero-order chi connectivity index (χ0) is 31.3. The average molecular weight is 605 g/mol. The second kappa shape index (κ2) is 12.7. The summed E-state index contributed by atoms with van der Waals surface area (Å²) in [5.41, 5.74) is 7.81. The van der Waals surface area contributed by atoms with E-state index in [0.29, 0.717) is 12.8 Å². The highest BCUT2D eigenvalue weighted by molar-refractivity contribution is 5.64. The zero-order valence-electron chi connectivity index (χ0n) is 24.6. The Labute approximate surface area is 264 Å². The SMILES string of the molecule is Oc1ccc(Cc2nnc3ccc(-c4ccccc4)cn23)cc1.Oc1ccc(Cc2nnc3ccc(-c4cnccn4)cn23)cc1. The molecule has 2 N–H and O–H groups in total. The number of phenolic OH excluding ortho intramolecular Hbond substituents is 2. The Hall–Kier alpha value is -6.42. The van der Waals surface area contributed by atoms with Gasteiger partial charge in [-0.25, -0.2) is 0 Å². The van der Waals surface area contributed by atoms with Gasteiger partial charge < -0.3 is 10.2 Å². The van der Waals surface area contributed by atoms with E-state index in [2.05, 4.69) is 54.8 Å². The van der Waals surface area contributed by atoms with Crippen molar-refractivity contribution in [3.63, 3.8) is 0 Å². The lowest BCUT2D eigenvalue weighted by Crippen LogP contribution is -1.97. The summed E-state index contributed by atoms with van der Waals surface area (Å²) >= 11 is 0. The molecule has 10 nitrogen and oxygen atoms in total. The number of aromatic nitrogens is 8. The van der Waals surface area contributed by atoms with Gasteiger partial charge in [0.15, 0.2) is 11.3 Å². The Morgan fingerprint density at radius 3 is 1.59 bits per heavy atom. The number of pyridine rings is 2. The Morgan fingerprint density at radius 1 is 0.500 bits per heavy atom. The molecule has 46 heavy (non-hydrogen) atoms. The van der Waals surface area contributed by atoms with Gasteiger partial charge in [-0.2, -0.15) is 0 Å². The van der Waals surface area contributed by atoms with Crippen molar-refractivity contribution in [2.75, 3.05) is 0 Å². The Balaban J connectivity index is 0.000000147. The van der Waals surface area contributed by atoms with E-state index < -0.39 is 0 Å². The number of aromatic hydroxyl groups is 2. The van der Waals surface area contributed by atoms with Crippen molar-refractivity contribution < 1.29 is 10.2 Å². The number of fused-ring (bicyclic) bond motifs is 2. The highest BCUT2D eigenvalue weighted by Gasteiger charge is 2.10. The van der Waals surface area contributed by atoms with E-state index in [1.807, 2.05) is 75.7 Å². The minimum Gasteiger partial charge on any atom is -0.508 e. The molecule has 0 saturated carbocycles. The first-order chi connectivity index (χ1) is 22.6. The fourth-order valence-electron chi connectivity index (χ4n) is 5.11. The summed E-state index contributed by atoms with van der Waals surface area (Å²) in [6.45, 7) is 0. The molecule has 5 heterocycles. The number of nitrogens with zero attached hydrogens (tertiary/aromatic N) is 8. The van der Waals surface area contributed by atoms with Crippen LogP contribution in [0.5, 0.6) is 11.5 Å². The smallest absolute Gasteiger partial charge is 0.160 e. The van der Waals surface area contributed by atoms with Gasteiger partial charge in [0.25, 0.3) is 0 Å². The average Bonchev–Trinajstić information content (AvgIpc) is 3.71. The minimum absolute atomic E-state index is 0.254. The normalized spacial score (nSPS) is 11.0. The summed E-state index contributed by atoms with van der Waals surface area (Å²) in [4.78, 5) is 8.42. The monoisotopic (exact) mass is 604 g/mol. The molecular formula is C36H28N8O2. The molecule has 224 valence electrons. The fourth-order valence-corrected chi connectivity index (χ4v) is 5.11. The van der Waals surface area contributed by atoms with Crippen molar-refractivity contribution in [2.24, 2.45) is 0 Å². The van der Waals surface area contributed by atoms with Gasteiger partial charge in [0.2, 0.25) is 0 Å². The molecule has 8 aromatic rings. The Bertz CT molecular complexity index is 2050. The number of phenols is 2. The Morgan fingerprint density at radius 2 is 1.04 bits per heavy atom. The van der Waals surface area contributed by atoms with Crippen LogP contribution >= 0.6 is 0 Å². The maximum atomic E-state index is 9.38. The van der Waals surface area contributed by atoms with E-state index in [-0.39, 0.29) is 11.5 Å². The van der Waals surface area contributed by atoms with Gasteiger partial charge in [-0.1, -0.05) is 54.6 Å². The standard InChI is InChI=1S/C19H15N3O.C17H13N5O/c23-17-9-6-14(7-10-17)12-19-21-20-18-11-8-16(13-22(18)19)15-4-2-1-3-5-15;23-14-4-1-12(2-5-14)9-17-21-20-16-6-3-13(11-22(16)17)15-10-18-7-8-19-15/h1-11,13,23H,12H2;1-8,10-11,23H,9H2. The quantitative estimate of drug-likeness (QED) is 0.231. The molecule has 0 aliphatic carbocycles. The topological polar surface area (TPSA) is 127 Å². The van der Waals surface area contributed by atoms with E-state index >= 15 is 0 Å². The molecule has 0 aliphatic heterocycles. The summed E-state index contributed by atoms with van der Waals surface area (Å²) in [7, 11) is 0. The van der Waals surface area contributed by atoms with Crippen molar-refractivity contribution in [1.82, 2.24) is 39.2 Å². The molecule has 0 unspecified atom stereocenters. The van der Waals surface area contributed by atoms with Crippen molar-refractivity contribution in [1.29, 1.82) is 0 Å². The van der Waals surface area contributed by atoms with E-state index in [1.54, 1.807) is 42.9 Å². The fraction of sp³-hybridized carbons (Fsp3) is 0.0556. The second-order valence-electron chi connectivity index (χ2n) is 10.7. The van der Waals surface area contributed by atoms with Crippen LogP contribution in [0.1, 0.15) is 22.8 Å². The lowest BCUT2D eigenvalue weighted by atomic mass is 10.1. The van der Waals surface area contributed by atoms with Gasteiger partial charge in [-0.3, -0.25) is 18.8 Å². The second-order valence-corrected chi connectivity index (χ2v) is 10.7. The van der Waals surface area contributed by atoms with Crippen LogP contribution in [0.2, 0.25) is 0 Å². The molecule has 0 radical (unpaired) electrons. The van der Waals surface area contributed by atoms with Crippen molar-refractivity contribution in [2.45, 2.75) is 12.8 Å². The number of benzene rings is 3. The third-order valence-corrected chi connectivity index (χ3v) is 7.51. The van der Waals surface area contributed by atoms with Gasteiger partial charge >= 0.3 is 0 Å². The highest BCUT2D eigenvalue weighted by Crippen LogP contribution is 2.22. The maximum Gasteiger partial charge on any atom is 0.160 e. The van der Waals surface area contributed by atoms with Gasteiger partial charge in [0.05, 0.1) is 11.9 Å². The van der Waals surface area contributed by atoms with E-state index in [4.69, 9.17) is 0 Å². The number of hydrogen-bond acceptors (Lipinski definition) is 8. The van der Waals surface area contributed by atoms with Crippen molar-refractivity contribution in [3.8, 4) is 33.9 Å². The van der Waals surface area contributed by atoms with E-state index in [0.717, 1.165) is 50.9 Å². The predicted octanol–water partition coefficient (Wildman–Crippen LogP) is 6.18. The predicted molar refractivity (Wildman–Crippen MR) is 174 cm³/mol. The maximum absolute atomic E-state index is 9.38. The molecule has 3 aromatic carbocycles. The Kier molecular flexibility index (Phi) is 7.81. The molecule has 0 aliphatic rings. The molecule has 10 heteroatoms. The van der Waals surface area contributed by atoms with Crippen LogP contribution in [0.3, 0.4) is 0 Å². The number of hydrogen-bond donors (Lipinski definition) is 2. The molecular weight excluding hydrogens is 576 g/mol. The lowest BCUT2D eigenvalue weighted by Gasteiger charge is -2.05. The molecule has 0 saturated heterocycles. The van der Waals surface area contributed by atoms with Crippen LogP contribution in [-0.2, 0) is 12.8 Å². The molecule has 0 bridgehead atoms. The van der Waals surface area contributed by atoms with Gasteiger partial charge in [0, 0.05) is 43.2 Å². The first-order valence-electron chi connectivity index (χ1n) is 14.6. The van der Waals surface area contributed by atoms with Gasteiger partial charge in [-0.15, -0.1) is 20.4 Å². The molecule has 8 rings (SSSR count). The third-order valence-electron chi connectivity index (χ3n) is 7.51. The van der Waals surface area contributed by atoms with E-state index in [9.17, 15) is 10.2 Å². The van der Waals surface area contributed by atoms with Gasteiger partial charge in [-0.05, 0) is 70.8 Å². The van der Waals surface area contributed by atoms with Crippen LogP contribution in [0.15, 0.2) is 134 Å². The van der Waals surface area contributed by atoms with Gasteiger partial charge in [0.1, 0.15) is 23.1 Å². The summed E-state index contributed by atoms with van der Waals surface area (Å²) < 4.78 is 3.98. The number of rotatable bonds is 6. The van der Waals surface area contributed by atoms with Crippen LogP contribution in [0.25, 0.3) is 33.7 Å². The summed E-state index contributed by atoms with van der Waals surface area (Å²) in [5, 5.41) is 35.7. The molecule has 0 fully saturated rings. The largest absolute Gasteiger partial charge is 0.508 e. The summed E-state index contributed by atoms with van der Waals surface area (Å²) in [6, 6.07) is 32.4. The molecule has 0 spiro atoms. The van der Waals surface area contributed by atoms with Crippen LogP contribution in [-0.4, -0.2) is 49.4 Å². The lowest BCUT2D eigenvalue weighted by molar-refractivity contribution is 0.474. The van der Waals surface area contributed by atoms with Crippen LogP contribution in [0, 0.1) is 0 Å². The molecule has 0 amide bonds. The molecule has 0 atom stereocenters. The highest BCUT2D eigenvalue weighted by atomic mass is 16.3. The zero-order valence-corrected chi connectivity index (χ0v) is 24.6. The molecule has 5 aromatic heterocycles. The third kappa shape index (κ3) is 6.27. The van der Waals surface area contributed by atoms with E-state index in [1.165, 1.54) is 5.56 Å². The van der Waals surface area contributed by atoms with Crippen LogP contribution in [0.4, 0.5) is 0 Å². The van der Waals surface area contributed by atoms with Crippen LogP contribution < -0.4 is 0 Å². The first-order valence-corrected chi connectivity index (χ1v) is 14.6. The summed E-state index contributed by atoms with van der Waals surface area (Å²) in [6.07, 6.45) is 10.4. The van der Waals surface area contributed by atoms with Crippen molar-refractivity contribution >= 4 is 11.3 Å². The first kappa shape index (κ1) is 28.4.